The van der Waals surface area contributed by atoms with Crippen LogP contribution in [0.5, 0.6) is 0 Å². The van der Waals surface area contributed by atoms with Gasteiger partial charge in [0.25, 0.3) is 0 Å². The van der Waals surface area contributed by atoms with Crippen LogP contribution < -0.4 is 10.2 Å². The van der Waals surface area contributed by atoms with Gasteiger partial charge in [0, 0.05) is 12.1 Å². The van der Waals surface area contributed by atoms with Gasteiger partial charge in [-0.05, 0) is 50.2 Å². The summed E-state index contributed by atoms with van der Waals surface area (Å²) in [4.78, 5) is 50.1. The Kier molecular flexibility index (Phi) is 6.89. The first-order chi connectivity index (χ1) is 14.4. The Morgan fingerprint density at radius 1 is 1.10 bits per heavy atom. The number of aryl methyl sites for hydroxylation is 1. The topological polar surface area (TPSA) is 92.8 Å². The lowest BCUT2D eigenvalue weighted by molar-refractivity contribution is -0.121. The fraction of sp³-hybridized carbons (Fsp3) is 0.273. The molecule has 1 aliphatic rings. The van der Waals surface area contributed by atoms with E-state index in [0.29, 0.717) is 16.9 Å². The van der Waals surface area contributed by atoms with Crippen LogP contribution in [0, 0.1) is 6.92 Å². The standard InChI is InChI=1S/C22H22N2O5S/c1-3-29-22(28)15-6-10-17(11-7-15)24-20(26)12-18(21(24)27)30-13-19(25)23-16-8-4-14(2)5-9-16/h4-11,18H,3,12-13H2,1-2H3,(H,23,25)/t18-/m0/s1. The minimum Gasteiger partial charge on any atom is -0.462 e. The number of carbonyl (C=O) groups is 4. The predicted octanol–water partition coefficient (Wildman–Crippen LogP) is 3.18. The van der Waals surface area contributed by atoms with Gasteiger partial charge >= 0.3 is 5.97 Å². The first-order valence-electron chi connectivity index (χ1n) is 9.51. The van der Waals surface area contributed by atoms with Crippen LogP contribution >= 0.6 is 11.8 Å². The third-order valence-electron chi connectivity index (χ3n) is 4.49. The molecule has 0 aromatic heterocycles. The van der Waals surface area contributed by atoms with Crippen LogP contribution in [0.25, 0.3) is 0 Å². The van der Waals surface area contributed by atoms with Gasteiger partial charge in [0.05, 0.1) is 28.9 Å². The van der Waals surface area contributed by atoms with Crippen molar-refractivity contribution in [3.05, 3.63) is 59.7 Å². The van der Waals surface area contributed by atoms with Gasteiger partial charge < -0.3 is 10.1 Å². The quantitative estimate of drug-likeness (QED) is 0.540. The summed E-state index contributed by atoms with van der Waals surface area (Å²) in [5.41, 5.74) is 2.51. The van der Waals surface area contributed by atoms with Crippen LogP contribution in [0.15, 0.2) is 48.5 Å². The normalized spacial score (nSPS) is 15.9. The Morgan fingerprint density at radius 3 is 2.40 bits per heavy atom. The Hall–Kier alpha value is -3.13. The smallest absolute Gasteiger partial charge is 0.338 e. The van der Waals surface area contributed by atoms with E-state index in [2.05, 4.69) is 5.32 Å². The van der Waals surface area contributed by atoms with Gasteiger partial charge in [0.15, 0.2) is 0 Å². The van der Waals surface area contributed by atoms with E-state index in [9.17, 15) is 19.2 Å². The number of benzene rings is 2. The largest absolute Gasteiger partial charge is 0.462 e. The monoisotopic (exact) mass is 426 g/mol. The van der Waals surface area contributed by atoms with Crippen LogP contribution in [0.4, 0.5) is 11.4 Å². The van der Waals surface area contributed by atoms with Gasteiger partial charge in [0.2, 0.25) is 17.7 Å². The molecule has 0 bridgehead atoms. The number of hydrogen-bond acceptors (Lipinski definition) is 6. The molecule has 8 heteroatoms. The molecule has 1 saturated heterocycles. The van der Waals surface area contributed by atoms with Crippen molar-refractivity contribution in [3.8, 4) is 0 Å². The molecular formula is C22H22N2O5S. The highest BCUT2D eigenvalue weighted by Crippen LogP contribution is 2.30. The van der Waals surface area contributed by atoms with Crippen molar-refractivity contribution in [3.63, 3.8) is 0 Å². The number of rotatable bonds is 7. The number of anilines is 2. The summed E-state index contributed by atoms with van der Waals surface area (Å²) >= 11 is 1.14. The summed E-state index contributed by atoms with van der Waals surface area (Å²) in [5.74, 6) is -1.33. The minimum absolute atomic E-state index is 0.0287. The maximum absolute atomic E-state index is 12.7. The van der Waals surface area contributed by atoms with E-state index in [-0.39, 0.29) is 36.5 Å². The minimum atomic E-state index is -0.619. The molecule has 1 fully saturated rings. The zero-order valence-electron chi connectivity index (χ0n) is 16.7. The van der Waals surface area contributed by atoms with Crippen LogP contribution in [-0.2, 0) is 19.1 Å². The van der Waals surface area contributed by atoms with Crippen molar-refractivity contribution in [2.24, 2.45) is 0 Å². The van der Waals surface area contributed by atoms with E-state index in [0.717, 1.165) is 22.2 Å². The number of carbonyl (C=O) groups excluding carboxylic acids is 4. The van der Waals surface area contributed by atoms with E-state index in [4.69, 9.17) is 4.74 Å². The predicted molar refractivity (Wildman–Crippen MR) is 116 cm³/mol. The molecule has 1 N–H and O–H groups in total. The van der Waals surface area contributed by atoms with E-state index in [1.807, 2.05) is 31.2 Å². The van der Waals surface area contributed by atoms with Gasteiger partial charge in [-0.2, -0.15) is 0 Å². The lowest BCUT2D eigenvalue weighted by Crippen LogP contribution is -2.31. The van der Waals surface area contributed by atoms with Gasteiger partial charge in [-0.3, -0.25) is 14.4 Å². The second-order valence-corrected chi connectivity index (χ2v) is 7.94. The molecule has 1 heterocycles. The van der Waals surface area contributed by atoms with E-state index in [1.54, 1.807) is 19.1 Å². The first-order valence-corrected chi connectivity index (χ1v) is 10.6. The summed E-state index contributed by atoms with van der Waals surface area (Å²) in [6.45, 7) is 3.94. The average molecular weight is 426 g/mol. The summed E-state index contributed by atoms with van der Waals surface area (Å²) in [6.07, 6.45) is 0.0287. The Balaban J connectivity index is 1.58. The number of imide groups is 1. The van der Waals surface area contributed by atoms with Crippen molar-refractivity contribution in [1.82, 2.24) is 0 Å². The highest BCUT2D eigenvalue weighted by molar-refractivity contribution is 8.01. The molecule has 0 unspecified atom stereocenters. The summed E-state index contributed by atoms with van der Waals surface area (Å²) in [6, 6.07) is 13.5. The third kappa shape index (κ3) is 5.07. The molecule has 1 aliphatic heterocycles. The molecule has 3 amide bonds. The highest BCUT2D eigenvalue weighted by atomic mass is 32.2. The Bertz CT molecular complexity index is 956. The summed E-state index contributed by atoms with van der Waals surface area (Å²) < 4.78 is 4.93. The maximum Gasteiger partial charge on any atom is 0.338 e. The first kappa shape index (κ1) is 21.6. The number of nitrogens with one attached hydrogen (secondary N) is 1. The van der Waals surface area contributed by atoms with E-state index < -0.39 is 11.2 Å². The Morgan fingerprint density at radius 2 is 1.77 bits per heavy atom. The molecule has 7 nitrogen and oxygen atoms in total. The van der Waals surface area contributed by atoms with Gasteiger partial charge in [-0.1, -0.05) is 17.7 Å². The van der Waals surface area contributed by atoms with Crippen LogP contribution in [0.1, 0.15) is 29.3 Å². The Labute approximate surface area is 178 Å². The van der Waals surface area contributed by atoms with Crippen molar-refractivity contribution in [1.29, 1.82) is 0 Å². The van der Waals surface area contributed by atoms with E-state index >= 15 is 0 Å². The molecule has 3 rings (SSSR count). The third-order valence-corrected chi connectivity index (χ3v) is 5.69. The lowest BCUT2D eigenvalue weighted by Gasteiger charge is -2.15. The zero-order chi connectivity index (χ0) is 21.7. The molecule has 1 atom stereocenters. The molecule has 0 saturated carbocycles. The van der Waals surface area contributed by atoms with E-state index in [1.165, 1.54) is 12.1 Å². The molecule has 0 aliphatic carbocycles. The maximum atomic E-state index is 12.7. The number of nitrogens with zero attached hydrogens (tertiary/aromatic N) is 1. The van der Waals surface area contributed by atoms with Gasteiger partial charge in [-0.15, -0.1) is 11.8 Å². The van der Waals surface area contributed by atoms with Crippen molar-refractivity contribution in [2.75, 3.05) is 22.6 Å². The lowest BCUT2D eigenvalue weighted by atomic mass is 10.2. The second-order valence-electron chi connectivity index (χ2n) is 6.75. The zero-order valence-corrected chi connectivity index (χ0v) is 17.5. The summed E-state index contributed by atoms with van der Waals surface area (Å²) in [5, 5.41) is 2.16. The number of esters is 1. The molecule has 0 radical (unpaired) electrons. The average Bonchev–Trinajstić information content (AvgIpc) is 3.01. The van der Waals surface area contributed by atoms with Crippen LogP contribution in [-0.4, -0.2) is 41.3 Å². The van der Waals surface area contributed by atoms with Crippen molar-refractivity contribution in [2.45, 2.75) is 25.5 Å². The molecule has 2 aromatic carbocycles. The molecular weight excluding hydrogens is 404 g/mol. The van der Waals surface area contributed by atoms with Crippen LogP contribution in [0.2, 0.25) is 0 Å². The fourth-order valence-corrected chi connectivity index (χ4v) is 3.91. The SMILES string of the molecule is CCOC(=O)c1ccc(N2C(=O)C[C@H](SCC(=O)Nc3ccc(C)cc3)C2=O)cc1. The van der Waals surface area contributed by atoms with Crippen molar-refractivity contribution < 1.29 is 23.9 Å². The molecule has 2 aromatic rings. The molecule has 30 heavy (non-hydrogen) atoms. The fourth-order valence-electron chi connectivity index (χ4n) is 2.98. The molecule has 0 spiro atoms. The summed E-state index contributed by atoms with van der Waals surface area (Å²) in [7, 11) is 0. The second kappa shape index (κ2) is 9.58. The molecule has 156 valence electrons. The number of ether oxygens (including phenoxy) is 1. The number of thioether (sulfide) groups is 1. The number of amides is 3. The number of hydrogen-bond donors (Lipinski definition) is 1. The van der Waals surface area contributed by atoms with Crippen molar-refractivity contribution >= 4 is 46.8 Å². The van der Waals surface area contributed by atoms with Gasteiger partial charge in [0.1, 0.15) is 0 Å². The van der Waals surface area contributed by atoms with Crippen LogP contribution in [0.3, 0.4) is 0 Å². The van der Waals surface area contributed by atoms with Gasteiger partial charge in [-0.25, -0.2) is 9.69 Å². The highest BCUT2D eigenvalue weighted by Gasteiger charge is 2.40.